The summed E-state index contributed by atoms with van der Waals surface area (Å²) < 4.78 is 14.8. The number of hydrogen-bond donors (Lipinski definition) is 1. The van der Waals surface area contributed by atoms with Gasteiger partial charge in [0.2, 0.25) is 5.91 Å². The number of rotatable bonds is 4. The molecule has 0 aliphatic carbocycles. The second kappa shape index (κ2) is 7.79. The van der Waals surface area contributed by atoms with Gasteiger partial charge in [-0.05, 0) is 38.0 Å². The molecule has 0 fully saturated rings. The van der Waals surface area contributed by atoms with E-state index < -0.39 is 5.82 Å². The molecular formula is C22H20FN5O. The number of pyridine rings is 1. The maximum absolute atomic E-state index is 13.1. The Morgan fingerprint density at radius 2 is 2.00 bits per heavy atom. The van der Waals surface area contributed by atoms with Crippen LogP contribution in [0.2, 0.25) is 0 Å². The number of nitrogens with one attached hydrogen (secondary N) is 1. The first-order valence-corrected chi connectivity index (χ1v) is 9.31. The normalized spacial score (nSPS) is 14.3. The van der Waals surface area contributed by atoms with Crippen LogP contribution in [-0.2, 0) is 4.79 Å². The summed E-state index contributed by atoms with van der Waals surface area (Å²) in [7, 11) is 0. The summed E-state index contributed by atoms with van der Waals surface area (Å²) in [5, 5.41) is 11.2. The molecule has 29 heavy (non-hydrogen) atoms. The van der Waals surface area contributed by atoms with Crippen LogP contribution in [0.15, 0.2) is 60.6 Å². The van der Waals surface area contributed by atoms with Crippen LogP contribution in [0.3, 0.4) is 0 Å². The molecule has 0 bridgehead atoms. The van der Waals surface area contributed by atoms with Crippen molar-refractivity contribution in [2.75, 3.05) is 0 Å². The fourth-order valence-electron chi connectivity index (χ4n) is 3.19. The highest BCUT2D eigenvalue weighted by molar-refractivity contribution is 5.98. The van der Waals surface area contributed by atoms with Crippen molar-refractivity contribution >= 4 is 17.7 Å². The number of carbonyl (C=O) groups is 1. The second-order valence-corrected chi connectivity index (χ2v) is 7.00. The van der Waals surface area contributed by atoms with E-state index in [2.05, 4.69) is 20.5 Å². The Balaban J connectivity index is 1.58. The molecule has 0 radical (unpaired) electrons. The average Bonchev–Trinajstić information content (AvgIpc) is 3.09. The summed E-state index contributed by atoms with van der Waals surface area (Å²) in [6, 6.07) is 10.7. The Hall–Kier alpha value is -3.61. The maximum atomic E-state index is 13.1. The number of benzene rings is 1. The summed E-state index contributed by atoms with van der Waals surface area (Å²) in [6.07, 6.45) is 6.91. The van der Waals surface area contributed by atoms with Crippen molar-refractivity contribution in [2.24, 2.45) is 0 Å². The standard InChI is InChI=1S/C22H20FN5O/c1-14-3-5-16(6-4-14)19-9-7-17(12-28-13-25-27-21(19)28)22(29)26-15(2)20-10-8-18(23)11-24-20/h3-6,8-13,15H,7H2,1-2H3,(H,26,29). The summed E-state index contributed by atoms with van der Waals surface area (Å²) in [5.74, 6) is 0.0576. The highest BCUT2D eigenvalue weighted by Crippen LogP contribution is 2.27. The molecule has 3 aromatic rings. The van der Waals surface area contributed by atoms with Crippen molar-refractivity contribution in [1.82, 2.24) is 25.1 Å². The van der Waals surface area contributed by atoms with E-state index in [1.807, 2.05) is 44.2 Å². The van der Waals surface area contributed by atoms with Gasteiger partial charge in [-0.1, -0.05) is 35.9 Å². The summed E-state index contributed by atoms with van der Waals surface area (Å²) in [5.41, 5.74) is 4.28. The molecule has 2 aromatic heterocycles. The zero-order valence-corrected chi connectivity index (χ0v) is 16.1. The molecule has 1 amide bonds. The summed E-state index contributed by atoms with van der Waals surface area (Å²) in [4.78, 5) is 16.9. The molecular weight excluding hydrogens is 369 g/mol. The highest BCUT2D eigenvalue weighted by atomic mass is 19.1. The largest absolute Gasteiger partial charge is 0.344 e. The van der Waals surface area contributed by atoms with E-state index in [1.165, 1.54) is 11.6 Å². The molecule has 1 N–H and O–H groups in total. The summed E-state index contributed by atoms with van der Waals surface area (Å²) >= 11 is 0. The van der Waals surface area contributed by atoms with Gasteiger partial charge >= 0.3 is 0 Å². The van der Waals surface area contributed by atoms with Crippen LogP contribution in [0.25, 0.3) is 11.8 Å². The average molecular weight is 389 g/mol. The number of hydrogen-bond acceptors (Lipinski definition) is 4. The molecule has 146 valence electrons. The predicted molar refractivity (Wildman–Crippen MR) is 108 cm³/mol. The van der Waals surface area contributed by atoms with E-state index in [4.69, 9.17) is 0 Å². The Morgan fingerprint density at radius 1 is 1.21 bits per heavy atom. The lowest BCUT2D eigenvalue weighted by Gasteiger charge is -2.14. The molecule has 1 aliphatic rings. The molecule has 1 aliphatic heterocycles. The van der Waals surface area contributed by atoms with Crippen LogP contribution < -0.4 is 5.32 Å². The van der Waals surface area contributed by atoms with Gasteiger partial charge in [0.25, 0.3) is 0 Å². The molecule has 1 atom stereocenters. The smallest absolute Gasteiger partial charge is 0.249 e. The van der Waals surface area contributed by atoms with Gasteiger partial charge in [0.1, 0.15) is 12.1 Å². The fourth-order valence-corrected chi connectivity index (χ4v) is 3.19. The quantitative estimate of drug-likeness (QED) is 0.739. The van der Waals surface area contributed by atoms with Gasteiger partial charge in [0.05, 0.1) is 17.9 Å². The molecule has 0 saturated carbocycles. The van der Waals surface area contributed by atoms with Gasteiger partial charge in [0, 0.05) is 17.3 Å². The molecule has 0 saturated heterocycles. The van der Waals surface area contributed by atoms with E-state index in [0.717, 1.165) is 17.3 Å². The van der Waals surface area contributed by atoms with Crippen molar-refractivity contribution in [3.05, 3.63) is 89.0 Å². The molecule has 7 heteroatoms. The Morgan fingerprint density at radius 3 is 2.72 bits per heavy atom. The van der Waals surface area contributed by atoms with E-state index in [1.54, 1.807) is 23.2 Å². The van der Waals surface area contributed by atoms with Crippen molar-refractivity contribution in [3.63, 3.8) is 0 Å². The summed E-state index contributed by atoms with van der Waals surface area (Å²) in [6.45, 7) is 3.85. The minimum Gasteiger partial charge on any atom is -0.344 e. The molecule has 1 unspecified atom stereocenters. The van der Waals surface area contributed by atoms with Crippen molar-refractivity contribution in [2.45, 2.75) is 26.3 Å². The third-order valence-corrected chi connectivity index (χ3v) is 4.83. The van der Waals surface area contributed by atoms with Crippen LogP contribution in [-0.4, -0.2) is 25.7 Å². The number of nitrogens with zero attached hydrogens (tertiary/aromatic N) is 4. The van der Waals surface area contributed by atoms with Gasteiger partial charge in [-0.3, -0.25) is 14.3 Å². The van der Waals surface area contributed by atoms with Gasteiger partial charge in [-0.15, -0.1) is 10.2 Å². The number of carbonyl (C=O) groups excluding carboxylic acids is 1. The molecule has 4 rings (SSSR count). The number of amides is 1. The van der Waals surface area contributed by atoms with Crippen LogP contribution in [0.1, 0.15) is 42.0 Å². The first-order valence-electron chi connectivity index (χ1n) is 9.31. The van der Waals surface area contributed by atoms with E-state index in [9.17, 15) is 9.18 Å². The first-order chi connectivity index (χ1) is 14.0. The van der Waals surface area contributed by atoms with E-state index >= 15 is 0 Å². The first kappa shape index (κ1) is 18.7. The zero-order valence-electron chi connectivity index (χ0n) is 16.1. The third kappa shape index (κ3) is 3.99. The monoisotopic (exact) mass is 389 g/mol. The lowest BCUT2D eigenvalue weighted by atomic mass is 10.0. The number of aryl methyl sites for hydroxylation is 1. The Kier molecular flexibility index (Phi) is 5.03. The SMILES string of the molecule is Cc1ccc(C2=CCC(C(=O)NC(C)c3ccc(F)cn3)=Cn3cnnc32)cc1. The highest BCUT2D eigenvalue weighted by Gasteiger charge is 2.20. The number of fused-ring (bicyclic) bond motifs is 1. The van der Waals surface area contributed by atoms with Crippen molar-refractivity contribution in [1.29, 1.82) is 0 Å². The number of aromatic nitrogens is 4. The van der Waals surface area contributed by atoms with Crippen molar-refractivity contribution < 1.29 is 9.18 Å². The molecule has 6 nitrogen and oxygen atoms in total. The lowest BCUT2D eigenvalue weighted by molar-refractivity contribution is -0.118. The van der Waals surface area contributed by atoms with E-state index in [0.29, 0.717) is 23.5 Å². The number of allylic oxidation sites excluding steroid dienone is 1. The maximum Gasteiger partial charge on any atom is 0.249 e. The van der Waals surface area contributed by atoms with Gasteiger partial charge in [-0.2, -0.15) is 0 Å². The molecule has 1 aromatic carbocycles. The van der Waals surface area contributed by atoms with Crippen molar-refractivity contribution in [3.8, 4) is 0 Å². The number of halogens is 1. The van der Waals surface area contributed by atoms with Gasteiger partial charge < -0.3 is 5.32 Å². The van der Waals surface area contributed by atoms with E-state index in [-0.39, 0.29) is 11.9 Å². The van der Waals surface area contributed by atoms with Crippen LogP contribution in [0.5, 0.6) is 0 Å². The Labute approximate surface area is 167 Å². The second-order valence-electron chi connectivity index (χ2n) is 7.00. The van der Waals surface area contributed by atoms with Gasteiger partial charge in [-0.25, -0.2) is 4.39 Å². The predicted octanol–water partition coefficient (Wildman–Crippen LogP) is 3.67. The molecule has 0 spiro atoms. The Bertz CT molecular complexity index is 1100. The fraction of sp³-hybridized carbons (Fsp3) is 0.182. The third-order valence-electron chi connectivity index (χ3n) is 4.83. The minimum absolute atomic E-state index is 0.218. The van der Waals surface area contributed by atoms with Crippen LogP contribution in [0.4, 0.5) is 4.39 Å². The van der Waals surface area contributed by atoms with Crippen LogP contribution >= 0.6 is 0 Å². The molecule has 3 heterocycles. The minimum atomic E-state index is -0.410. The van der Waals surface area contributed by atoms with Gasteiger partial charge in [0.15, 0.2) is 5.82 Å². The lowest BCUT2D eigenvalue weighted by Crippen LogP contribution is -2.28. The zero-order chi connectivity index (χ0) is 20.4. The topological polar surface area (TPSA) is 72.7 Å². The van der Waals surface area contributed by atoms with Crippen LogP contribution in [0, 0.1) is 12.7 Å².